The number of aromatic nitrogens is 1. The predicted octanol–water partition coefficient (Wildman–Crippen LogP) is 3.75. The lowest BCUT2D eigenvalue weighted by molar-refractivity contribution is -0.137. The number of amides is 1. The highest BCUT2D eigenvalue weighted by molar-refractivity contribution is 7.92. The van der Waals surface area contributed by atoms with Crippen LogP contribution in [0.1, 0.15) is 41.6 Å². The van der Waals surface area contributed by atoms with Gasteiger partial charge in [-0.15, -0.1) is 0 Å². The van der Waals surface area contributed by atoms with Crippen LogP contribution in [0, 0.1) is 5.95 Å². The van der Waals surface area contributed by atoms with E-state index >= 15 is 0 Å². The van der Waals surface area contributed by atoms with Crippen LogP contribution in [0.25, 0.3) is 0 Å². The molecule has 1 saturated carbocycles. The number of rotatable bonds is 4. The second kappa shape index (κ2) is 8.10. The maximum absolute atomic E-state index is 13.1. The van der Waals surface area contributed by atoms with E-state index in [1.807, 2.05) is 0 Å². The number of nitrogens with one attached hydrogen (secondary N) is 1. The second-order valence-corrected chi connectivity index (χ2v) is 9.11. The molecule has 0 bridgehead atoms. The number of alkyl halides is 3. The van der Waals surface area contributed by atoms with Gasteiger partial charge in [0.2, 0.25) is 5.95 Å². The normalized spacial score (nSPS) is 20.3. The van der Waals surface area contributed by atoms with Gasteiger partial charge in [0.05, 0.1) is 15.7 Å². The van der Waals surface area contributed by atoms with E-state index < -0.39 is 38.7 Å². The Balaban J connectivity index is 1.65. The number of hydrogen-bond donors (Lipinski definition) is 1. The minimum absolute atomic E-state index is 0.108. The summed E-state index contributed by atoms with van der Waals surface area (Å²) in [5.41, 5.74) is -0.902. The second-order valence-electron chi connectivity index (χ2n) is 6.88. The molecule has 0 saturated heterocycles. The summed E-state index contributed by atoms with van der Waals surface area (Å²) in [5.74, 6) is -1.27. The zero-order valence-corrected chi connectivity index (χ0v) is 15.9. The topological polar surface area (TPSA) is 76.1 Å². The molecular formula is C19H18F4N2O3S. The van der Waals surface area contributed by atoms with Gasteiger partial charge in [0.1, 0.15) is 0 Å². The van der Waals surface area contributed by atoms with Crippen molar-refractivity contribution in [2.24, 2.45) is 0 Å². The number of carbonyl (C=O) groups is 1. The highest BCUT2D eigenvalue weighted by Gasteiger charge is 2.35. The van der Waals surface area contributed by atoms with Crippen molar-refractivity contribution in [3.05, 3.63) is 59.7 Å². The van der Waals surface area contributed by atoms with Crippen molar-refractivity contribution in [1.82, 2.24) is 10.3 Å². The standard InChI is InChI=1S/C19H18F4N2O3S/c20-17-10-12(8-9-24-17)18(26)25-14-4-6-15(7-5-14)29(27,28)16-3-1-2-13(11-16)19(21,22)23/h1-3,8-11,14-15H,4-7H2,(H,25,26)/t14-,15+. The van der Waals surface area contributed by atoms with Crippen LogP contribution in [0.5, 0.6) is 0 Å². The van der Waals surface area contributed by atoms with Gasteiger partial charge in [0.25, 0.3) is 5.91 Å². The number of pyridine rings is 1. The van der Waals surface area contributed by atoms with E-state index in [9.17, 15) is 30.8 Å². The fourth-order valence-corrected chi connectivity index (χ4v) is 5.21. The van der Waals surface area contributed by atoms with Gasteiger partial charge < -0.3 is 5.32 Å². The summed E-state index contributed by atoms with van der Waals surface area (Å²) in [6, 6.07) is 5.79. The molecule has 1 aliphatic rings. The van der Waals surface area contributed by atoms with Crippen molar-refractivity contribution in [3.8, 4) is 0 Å². The van der Waals surface area contributed by atoms with Crippen LogP contribution >= 0.6 is 0 Å². The van der Waals surface area contributed by atoms with E-state index in [0.29, 0.717) is 18.9 Å². The fraction of sp³-hybridized carbons (Fsp3) is 0.368. The van der Waals surface area contributed by atoms with E-state index in [0.717, 1.165) is 24.3 Å². The van der Waals surface area contributed by atoms with Crippen molar-refractivity contribution in [2.75, 3.05) is 0 Å². The SMILES string of the molecule is O=C(N[C@H]1CC[C@@H](S(=O)(=O)c2cccc(C(F)(F)F)c2)CC1)c1ccnc(F)c1. The predicted molar refractivity (Wildman–Crippen MR) is 96.3 cm³/mol. The van der Waals surface area contributed by atoms with E-state index in [2.05, 4.69) is 10.3 Å². The van der Waals surface area contributed by atoms with Crippen LogP contribution in [0.15, 0.2) is 47.5 Å². The monoisotopic (exact) mass is 430 g/mol. The van der Waals surface area contributed by atoms with Crippen LogP contribution in [0.4, 0.5) is 17.6 Å². The highest BCUT2D eigenvalue weighted by atomic mass is 32.2. The van der Waals surface area contributed by atoms with Crippen LogP contribution in [0.2, 0.25) is 0 Å². The molecule has 1 fully saturated rings. The van der Waals surface area contributed by atoms with Crippen LogP contribution in [0.3, 0.4) is 0 Å². The largest absolute Gasteiger partial charge is 0.416 e. The number of carbonyl (C=O) groups excluding carboxylic acids is 1. The Morgan fingerprint density at radius 3 is 2.38 bits per heavy atom. The smallest absolute Gasteiger partial charge is 0.349 e. The minimum Gasteiger partial charge on any atom is -0.349 e. The molecule has 1 amide bonds. The molecule has 10 heteroatoms. The summed E-state index contributed by atoms with van der Waals surface area (Å²) < 4.78 is 77.2. The molecule has 5 nitrogen and oxygen atoms in total. The molecule has 0 unspecified atom stereocenters. The highest BCUT2D eigenvalue weighted by Crippen LogP contribution is 2.33. The Kier molecular flexibility index (Phi) is 5.92. The van der Waals surface area contributed by atoms with Crippen molar-refractivity contribution in [2.45, 2.75) is 48.0 Å². The van der Waals surface area contributed by atoms with Crippen molar-refractivity contribution < 1.29 is 30.8 Å². The van der Waals surface area contributed by atoms with Crippen molar-refractivity contribution >= 4 is 15.7 Å². The third-order valence-electron chi connectivity index (χ3n) is 4.93. The van der Waals surface area contributed by atoms with Crippen molar-refractivity contribution in [1.29, 1.82) is 0 Å². The maximum atomic E-state index is 13.1. The lowest BCUT2D eigenvalue weighted by Gasteiger charge is -2.29. The molecule has 0 aliphatic heterocycles. The quantitative estimate of drug-likeness (QED) is 0.592. The Hall–Kier alpha value is -2.49. The number of halogens is 4. The van der Waals surface area contributed by atoms with Gasteiger partial charge in [-0.25, -0.2) is 13.4 Å². The molecule has 0 radical (unpaired) electrons. The van der Waals surface area contributed by atoms with Crippen molar-refractivity contribution in [3.63, 3.8) is 0 Å². The molecule has 1 aromatic carbocycles. The fourth-order valence-electron chi connectivity index (χ4n) is 3.37. The Morgan fingerprint density at radius 2 is 1.76 bits per heavy atom. The minimum atomic E-state index is -4.63. The third-order valence-corrected chi connectivity index (χ3v) is 7.19. The van der Waals surface area contributed by atoms with E-state index in [-0.39, 0.29) is 29.3 Å². The Morgan fingerprint density at radius 1 is 1.07 bits per heavy atom. The zero-order valence-electron chi connectivity index (χ0n) is 15.1. The van der Waals surface area contributed by atoms with Gasteiger partial charge in [-0.05, 0) is 49.9 Å². The number of hydrogen-bond acceptors (Lipinski definition) is 4. The lowest BCUT2D eigenvalue weighted by Crippen LogP contribution is -2.40. The van der Waals surface area contributed by atoms with E-state index in [1.54, 1.807) is 0 Å². The van der Waals surface area contributed by atoms with Crippen LogP contribution in [-0.4, -0.2) is 30.6 Å². The van der Waals surface area contributed by atoms with Gasteiger partial charge in [-0.2, -0.15) is 17.6 Å². The molecular weight excluding hydrogens is 412 g/mol. The zero-order chi connectivity index (χ0) is 21.2. The molecule has 1 aliphatic carbocycles. The van der Waals surface area contributed by atoms with Crippen LogP contribution < -0.4 is 5.32 Å². The van der Waals surface area contributed by atoms with E-state index in [4.69, 9.17) is 0 Å². The third kappa shape index (κ3) is 4.92. The molecule has 0 atom stereocenters. The Bertz CT molecular complexity index is 1000. The molecule has 0 spiro atoms. The van der Waals surface area contributed by atoms with Gasteiger partial charge >= 0.3 is 6.18 Å². The summed E-state index contributed by atoms with van der Waals surface area (Å²) in [5, 5.41) is 1.90. The molecule has 156 valence electrons. The van der Waals surface area contributed by atoms with Gasteiger partial charge in [-0.1, -0.05) is 6.07 Å². The summed E-state index contributed by atoms with van der Waals surface area (Å²) in [4.78, 5) is 15.2. The number of benzene rings is 1. The molecule has 29 heavy (non-hydrogen) atoms. The average Bonchev–Trinajstić information content (AvgIpc) is 2.68. The van der Waals surface area contributed by atoms with Crippen LogP contribution in [-0.2, 0) is 16.0 Å². The first-order chi connectivity index (χ1) is 13.6. The molecule has 2 aromatic rings. The molecule has 1 N–H and O–H groups in total. The first kappa shape index (κ1) is 21.2. The molecule has 1 heterocycles. The lowest BCUT2D eigenvalue weighted by atomic mass is 9.95. The molecule has 3 rings (SSSR count). The van der Waals surface area contributed by atoms with Gasteiger partial charge in [0.15, 0.2) is 9.84 Å². The summed E-state index contributed by atoms with van der Waals surface area (Å²) in [7, 11) is -3.93. The molecule has 1 aromatic heterocycles. The average molecular weight is 430 g/mol. The summed E-state index contributed by atoms with van der Waals surface area (Å²) >= 11 is 0. The Labute approximate surface area is 165 Å². The van der Waals surface area contributed by atoms with Gasteiger partial charge in [0, 0.05) is 23.9 Å². The summed E-state index contributed by atoms with van der Waals surface area (Å²) in [6.45, 7) is 0. The van der Waals surface area contributed by atoms with E-state index in [1.165, 1.54) is 12.3 Å². The number of sulfone groups is 1. The first-order valence-corrected chi connectivity index (χ1v) is 10.5. The first-order valence-electron chi connectivity index (χ1n) is 8.91. The number of nitrogens with zero attached hydrogens (tertiary/aromatic N) is 1. The van der Waals surface area contributed by atoms with Gasteiger partial charge in [-0.3, -0.25) is 4.79 Å². The summed E-state index contributed by atoms with van der Waals surface area (Å²) in [6.07, 6.45) is -2.35. The maximum Gasteiger partial charge on any atom is 0.416 e.